The van der Waals surface area contributed by atoms with Crippen molar-refractivity contribution in [3.63, 3.8) is 0 Å². The fourth-order valence-corrected chi connectivity index (χ4v) is 1.68. The molecule has 0 aliphatic heterocycles. The molecule has 0 aliphatic carbocycles. The van der Waals surface area contributed by atoms with Crippen LogP contribution in [-0.2, 0) is 6.54 Å². The van der Waals surface area contributed by atoms with Gasteiger partial charge in [0, 0.05) is 18.4 Å². The largest absolute Gasteiger partial charge is 0.320 e. The minimum absolute atomic E-state index is 0.254. The van der Waals surface area contributed by atoms with Crippen LogP contribution in [0.3, 0.4) is 0 Å². The van der Waals surface area contributed by atoms with Gasteiger partial charge in [0.05, 0.1) is 11.9 Å². The van der Waals surface area contributed by atoms with E-state index in [2.05, 4.69) is 20.6 Å². The monoisotopic (exact) mass is 256 g/mol. The van der Waals surface area contributed by atoms with Gasteiger partial charge in [0.2, 0.25) is 0 Å². The molecule has 1 aromatic carbocycles. The van der Waals surface area contributed by atoms with Gasteiger partial charge in [-0.3, -0.25) is 9.78 Å². The molecule has 19 heavy (non-hydrogen) atoms. The fourth-order valence-electron chi connectivity index (χ4n) is 1.68. The van der Waals surface area contributed by atoms with Crippen molar-refractivity contribution in [2.24, 2.45) is 0 Å². The van der Waals surface area contributed by atoms with Crippen LogP contribution >= 0.6 is 0 Å². The number of anilines is 1. The fraction of sp³-hybridized carbons (Fsp3) is 0.214. The number of hydrogen-bond donors (Lipinski definition) is 2. The minimum Gasteiger partial charge on any atom is -0.320 e. The van der Waals surface area contributed by atoms with Gasteiger partial charge >= 0.3 is 0 Å². The Hall–Kier alpha value is -2.27. The Kier molecular flexibility index (Phi) is 4.20. The first kappa shape index (κ1) is 13.2. The average molecular weight is 256 g/mol. The molecule has 1 aromatic heterocycles. The summed E-state index contributed by atoms with van der Waals surface area (Å²) in [5.74, 6) is -0.254. The molecule has 0 spiro atoms. The lowest BCUT2D eigenvalue weighted by Gasteiger charge is -2.10. The molecular weight excluding hydrogens is 240 g/mol. The zero-order valence-electron chi connectivity index (χ0n) is 11.0. The van der Waals surface area contributed by atoms with E-state index in [1.165, 1.54) is 6.20 Å². The van der Waals surface area contributed by atoms with Crippen LogP contribution in [0.25, 0.3) is 0 Å². The summed E-state index contributed by atoms with van der Waals surface area (Å²) in [5, 5.41) is 5.92. The van der Waals surface area contributed by atoms with Crippen molar-refractivity contribution >= 4 is 11.6 Å². The number of carbonyl (C=O) groups excluding carboxylic acids is 1. The SMILES string of the molecule is CNCc1ccccc1NC(=O)c1cnc(C)cn1. The van der Waals surface area contributed by atoms with Crippen molar-refractivity contribution in [3.05, 3.63) is 53.6 Å². The van der Waals surface area contributed by atoms with Gasteiger partial charge in [-0.05, 0) is 25.6 Å². The number of nitrogens with one attached hydrogen (secondary N) is 2. The normalized spacial score (nSPS) is 10.2. The van der Waals surface area contributed by atoms with Crippen LogP contribution in [0.5, 0.6) is 0 Å². The summed E-state index contributed by atoms with van der Waals surface area (Å²) in [4.78, 5) is 20.2. The Morgan fingerprint density at radius 1 is 1.21 bits per heavy atom. The highest BCUT2D eigenvalue weighted by molar-refractivity contribution is 6.03. The molecular formula is C14H16N4O. The van der Waals surface area contributed by atoms with Crippen LogP contribution in [0.15, 0.2) is 36.7 Å². The summed E-state index contributed by atoms with van der Waals surface area (Å²) in [6.07, 6.45) is 3.06. The first-order chi connectivity index (χ1) is 9.20. The van der Waals surface area contributed by atoms with Crippen LogP contribution in [0.1, 0.15) is 21.7 Å². The number of rotatable bonds is 4. The number of benzene rings is 1. The molecule has 5 heteroatoms. The Bertz CT molecular complexity index is 566. The molecule has 0 aliphatic rings. The quantitative estimate of drug-likeness (QED) is 0.874. The number of amides is 1. The highest BCUT2D eigenvalue weighted by Gasteiger charge is 2.10. The van der Waals surface area contributed by atoms with Gasteiger partial charge in [0.25, 0.3) is 5.91 Å². The first-order valence-corrected chi connectivity index (χ1v) is 6.03. The Balaban J connectivity index is 2.16. The topological polar surface area (TPSA) is 66.9 Å². The molecule has 0 fully saturated rings. The van der Waals surface area contributed by atoms with Crippen molar-refractivity contribution in [2.75, 3.05) is 12.4 Å². The number of aryl methyl sites for hydroxylation is 1. The van der Waals surface area contributed by atoms with E-state index in [9.17, 15) is 4.79 Å². The number of nitrogens with zero attached hydrogens (tertiary/aromatic N) is 2. The summed E-state index contributed by atoms with van der Waals surface area (Å²) in [6, 6.07) is 7.66. The Morgan fingerprint density at radius 3 is 2.68 bits per heavy atom. The molecule has 98 valence electrons. The van der Waals surface area contributed by atoms with Gasteiger partial charge in [-0.25, -0.2) is 4.98 Å². The van der Waals surface area contributed by atoms with Crippen LogP contribution in [-0.4, -0.2) is 22.9 Å². The predicted molar refractivity (Wildman–Crippen MR) is 73.9 cm³/mol. The van der Waals surface area contributed by atoms with E-state index in [4.69, 9.17) is 0 Å². The Morgan fingerprint density at radius 2 is 2.00 bits per heavy atom. The molecule has 0 saturated heterocycles. The second kappa shape index (κ2) is 6.06. The van der Waals surface area contributed by atoms with E-state index in [0.29, 0.717) is 12.2 Å². The van der Waals surface area contributed by atoms with Crippen LogP contribution < -0.4 is 10.6 Å². The highest BCUT2D eigenvalue weighted by atomic mass is 16.1. The number of aromatic nitrogens is 2. The lowest BCUT2D eigenvalue weighted by atomic mass is 10.1. The van der Waals surface area contributed by atoms with Gasteiger partial charge in [-0.15, -0.1) is 0 Å². The van der Waals surface area contributed by atoms with E-state index in [1.807, 2.05) is 38.2 Å². The van der Waals surface area contributed by atoms with Crippen LogP contribution in [0.4, 0.5) is 5.69 Å². The summed E-state index contributed by atoms with van der Waals surface area (Å²) in [7, 11) is 1.87. The third kappa shape index (κ3) is 3.35. The zero-order chi connectivity index (χ0) is 13.7. The number of carbonyl (C=O) groups is 1. The van der Waals surface area contributed by atoms with Crippen LogP contribution in [0.2, 0.25) is 0 Å². The van der Waals surface area contributed by atoms with E-state index in [0.717, 1.165) is 16.9 Å². The van der Waals surface area contributed by atoms with Crippen molar-refractivity contribution < 1.29 is 4.79 Å². The van der Waals surface area contributed by atoms with Crippen molar-refractivity contribution in [1.82, 2.24) is 15.3 Å². The Labute approximate surface area is 112 Å². The van der Waals surface area contributed by atoms with Gasteiger partial charge in [0.15, 0.2) is 0 Å². The smallest absolute Gasteiger partial charge is 0.275 e. The van der Waals surface area contributed by atoms with E-state index in [1.54, 1.807) is 6.20 Å². The second-order valence-electron chi connectivity index (χ2n) is 4.18. The molecule has 0 bridgehead atoms. The molecule has 5 nitrogen and oxygen atoms in total. The molecule has 2 aromatic rings. The highest BCUT2D eigenvalue weighted by Crippen LogP contribution is 2.15. The molecule has 2 rings (SSSR count). The molecule has 0 atom stereocenters. The molecule has 2 N–H and O–H groups in total. The summed E-state index contributed by atoms with van der Waals surface area (Å²) in [5.41, 5.74) is 2.90. The molecule has 0 radical (unpaired) electrons. The summed E-state index contributed by atoms with van der Waals surface area (Å²) < 4.78 is 0. The third-order valence-corrected chi connectivity index (χ3v) is 2.65. The van der Waals surface area contributed by atoms with Gasteiger partial charge in [0.1, 0.15) is 5.69 Å². The molecule has 0 unspecified atom stereocenters. The molecule has 1 heterocycles. The number of para-hydroxylation sites is 1. The second-order valence-corrected chi connectivity index (χ2v) is 4.18. The lowest BCUT2D eigenvalue weighted by molar-refractivity contribution is 0.102. The maximum atomic E-state index is 12.0. The lowest BCUT2D eigenvalue weighted by Crippen LogP contribution is -2.16. The maximum Gasteiger partial charge on any atom is 0.275 e. The van der Waals surface area contributed by atoms with Crippen LogP contribution in [0, 0.1) is 6.92 Å². The molecule has 1 amide bonds. The average Bonchev–Trinajstić information content (AvgIpc) is 2.42. The van der Waals surface area contributed by atoms with Crippen molar-refractivity contribution in [2.45, 2.75) is 13.5 Å². The van der Waals surface area contributed by atoms with E-state index >= 15 is 0 Å². The van der Waals surface area contributed by atoms with Gasteiger partial charge in [-0.2, -0.15) is 0 Å². The zero-order valence-corrected chi connectivity index (χ0v) is 11.0. The summed E-state index contributed by atoms with van der Waals surface area (Å²) in [6.45, 7) is 2.52. The predicted octanol–water partition coefficient (Wildman–Crippen LogP) is 1.76. The first-order valence-electron chi connectivity index (χ1n) is 6.03. The van der Waals surface area contributed by atoms with Gasteiger partial charge in [-0.1, -0.05) is 18.2 Å². The standard InChI is InChI=1S/C14H16N4O/c1-10-7-17-13(9-16-10)14(19)18-12-6-4-3-5-11(12)8-15-2/h3-7,9,15H,8H2,1-2H3,(H,18,19). The van der Waals surface area contributed by atoms with E-state index < -0.39 is 0 Å². The summed E-state index contributed by atoms with van der Waals surface area (Å²) >= 11 is 0. The third-order valence-electron chi connectivity index (χ3n) is 2.65. The maximum absolute atomic E-state index is 12.0. The van der Waals surface area contributed by atoms with E-state index in [-0.39, 0.29) is 5.91 Å². The van der Waals surface area contributed by atoms with Crippen molar-refractivity contribution in [1.29, 1.82) is 0 Å². The molecule has 0 saturated carbocycles. The number of hydrogen-bond acceptors (Lipinski definition) is 4. The van der Waals surface area contributed by atoms with Crippen molar-refractivity contribution in [3.8, 4) is 0 Å². The minimum atomic E-state index is -0.254. The van der Waals surface area contributed by atoms with Gasteiger partial charge < -0.3 is 10.6 Å².